The third kappa shape index (κ3) is 14.9. The highest BCUT2D eigenvalue weighted by atomic mass is 35.5. The molecule has 0 aromatic heterocycles. The van der Waals surface area contributed by atoms with Gasteiger partial charge in [-0.25, -0.2) is 9.59 Å². The van der Waals surface area contributed by atoms with Gasteiger partial charge >= 0.3 is 12.2 Å². The number of anilines is 2. The van der Waals surface area contributed by atoms with Crippen LogP contribution in [0.3, 0.4) is 0 Å². The van der Waals surface area contributed by atoms with Crippen molar-refractivity contribution in [2.24, 2.45) is 10.8 Å². The van der Waals surface area contributed by atoms with Gasteiger partial charge in [-0.15, -0.1) is 11.6 Å². The maximum absolute atomic E-state index is 13.2. The fourth-order valence-electron chi connectivity index (χ4n) is 7.61. The Morgan fingerprint density at radius 1 is 0.594 bits per heavy atom. The molecule has 1 N–H and O–H groups in total. The van der Waals surface area contributed by atoms with Crippen molar-refractivity contribution in [3.63, 3.8) is 0 Å². The number of alkyl halides is 1. The summed E-state index contributed by atoms with van der Waals surface area (Å²) in [6.07, 6.45) is -1.85. The topological polar surface area (TPSA) is 250 Å². The summed E-state index contributed by atoms with van der Waals surface area (Å²) >= 11 is 4.99. The number of nitrogens with zero attached hydrogens (tertiary/aromatic N) is 4. The number of carbonyl (C=O) groups is 10. The summed E-state index contributed by atoms with van der Waals surface area (Å²) in [5, 5.41) is 8.83. The van der Waals surface area contributed by atoms with Gasteiger partial charge < -0.3 is 38.6 Å². The van der Waals surface area contributed by atoms with Crippen molar-refractivity contribution < 1.29 is 76.7 Å². The SMILES string of the molecule is CC(=O)CCl.CC(=O)COCCOc1ccc(N2CC3(CCC(=O)N(C(=O)OC(C)(C)C)C3=O)CC2=O)cc1.CC(C)(C)OC(=O)N1C(=O)CCC2(CC(=O)N(c3ccc(OCCO)cc3)C2)C1=O. The first-order valence-corrected chi connectivity index (χ1v) is 22.8. The third-order valence-corrected chi connectivity index (χ3v) is 11.1. The predicted octanol–water partition coefficient (Wildman–Crippen LogP) is 5.16. The van der Waals surface area contributed by atoms with Crippen molar-refractivity contribution in [1.29, 1.82) is 0 Å². The van der Waals surface area contributed by atoms with Gasteiger partial charge in [-0.3, -0.25) is 38.4 Å². The number of benzene rings is 2. The Morgan fingerprint density at radius 3 is 1.30 bits per heavy atom. The van der Waals surface area contributed by atoms with Gasteiger partial charge in [0.2, 0.25) is 35.4 Å². The van der Waals surface area contributed by atoms with Crippen LogP contribution in [0.4, 0.5) is 21.0 Å². The van der Waals surface area contributed by atoms with E-state index in [1.807, 2.05) is 0 Å². The number of likely N-dealkylation sites (tertiary alicyclic amines) is 2. The molecule has 2 unspecified atom stereocenters. The molecular formula is C48H61ClN4O16. The van der Waals surface area contributed by atoms with E-state index in [1.165, 1.54) is 23.6 Å². The van der Waals surface area contributed by atoms with Crippen LogP contribution in [0, 0.1) is 10.8 Å². The van der Waals surface area contributed by atoms with Crippen molar-refractivity contribution in [1.82, 2.24) is 9.80 Å². The van der Waals surface area contributed by atoms with Crippen molar-refractivity contribution in [2.75, 3.05) is 61.8 Å². The molecule has 0 aliphatic carbocycles. The largest absolute Gasteiger partial charge is 0.491 e. The number of rotatable bonds is 12. The molecule has 4 fully saturated rings. The first kappa shape index (κ1) is 55.3. The van der Waals surface area contributed by atoms with Gasteiger partial charge in [0, 0.05) is 50.1 Å². The summed E-state index contributed by atoms with van der Waals surface area (Å²) in [7, 11) is 0. The van der Waals surface area contributed by atoms with Gasteiger partial charge in [0.05, 0.1) is 29.9 Å². The monoisotopic (exact) mass is 984 g/mol. The number of imide groups is 6. The first-order chi connectivity index (χ1) is 32.2. The van der Waals surface area contributed by atoms with Gasteiger partial charge in [0.1, 0.15) is 48.3 Å². The molecule has 2 atom stereocenters. The molecule has 4 aliphatic heterocycles. The molecule has 0 radical (unpaired) electrons. The Labute approximate surface area is 405 Å². The zero-order chi connectivity index (χ0) is 51.5. The molecule has 21 heteroatoms. The van der Waals surface area contributed by atoms with Crippen molar-refractivity contribution in [3.8, 4) is 11.5 Å². The van der Waals surface area contributed by atoms with E-state index in [1.54, 1.807) is 90.1 Å². The normalized spacial score (nSPS) is 20.4. The number of ketones is 2. The Morgan fingerprint density at radius 2 is 0.971 bits per heavy atom. The summed E-state index contributed by atoms with van der Waals surface area (Å²) < 4.78 is 26.5. The molecule has 2 spiro atoms. The minimum Gasteiger partial charge on any atom is -0.491 e. The highest BCUT2D eigenvalue weighted by Crippen LogP contribution is 2.45. The van der Waals surface area contributed by atoms with E-state index in [0.717, 1.165) is 0 Å². The lowest BCUT2D eigenvalue weighted by molar-refractivity contribution is -0.157. The van der Waals surface area contributed by atoms with Crippen LogP contribution in [0.25, 0.3) is 0 Å². The molecule has 0 bridgehead atoms. The molecule has 6 rings (SSSR count). The molecular weight excluding hydrogens is 924 g/mol. The number of piperidine rings is 2. The number of hydrogen-bond donors (Lipinski definition) is 1. The first-order valence-electron chi connectivity index (χ1n) is 22.3. The second-order valence-corrected chi connectivity index (χ2v) is 19.2. The van der Waals surface area contributed by atoms with Crippen LogP contribution in [0.2, 0.25) is 0 Å². The summed E-state index contributed by atoms with van der Waals surface area (Å²) in [5.41, 5.74) is -2.88. The number of Topliss-reactive ketones (excluding diaryl/α,β-unsaturated/α-hetero) is 2. The maximum atomic E-state index is 13.2. The van der Waals surface area contributed by atoms with Crippen LogP contribution < -0.4 is 19.3 Å². The minimum absolute atomic E-state index is 0.0138. The average molecular weight is 985 g/mol. The smallest absolute Gasteiger partial charge is 0.424 e. The molecule has 2 aromatic carbocycles. The molecule has 2 aromatic rings. The minimum atomic E-state index is -1.16. The van der Waals surface area contributed by atoms with Crippen molar-refractivity contribution in [3.05, 3.63) is 48.5 Å². The predicted molar refractivity (Wildman–Crippen MR) is 247 cm³/mol. The van der Waals surface area contributed by atoms with Gasteiger partial charge in [-0.05, 0) is 117 Å². The number of hydrogen-bond acceptors (Lipinski definition) is 16. The Bertz CT molecular complexity index is 2270. The van der Waals surface area contributed by atoms with Crippen LogP contribution in [0.15, 0.2) is 48.5 Å². The molecule has 376 valence electrons. The lowest BCUT2D eigenvalue weighted by Crippen LogP contribution is -2.55. The van der Waals surface area contributed by atoms with Crippen LogP contribution in [-0.4, -0.2) is 137 Å². The summed E-state index contributed by atoms with van der Waals surface area (Å²) in [6, 6.07) is 13.5. The van der Waals surface area contributed by atoms with Gasteiger partial charge in [-0.1, -0.05) is 0 Å². The van der Waals surface area contributed by atoms with E-state index < -0.39 is 57.8 Å². The van der Waals surface area contributed by atoms with Crippen LogP contribution in [-0.2, 0) is 52.6 Å². The number of carbonyl (C=O) groups excluding carboxylic acids is 10. The number of aliphatic hydroxyl groups excluding tert-OH is 1. The number of aliphatic hydroxyl groups is 1. The van der Waals surface area contributed by atoms with Crippen LogP contribution in [0.1, 0.15) is 93.9 Å². The summed E-state index contributed by atoms with van der Waals surface area (Å²) in [6.45, 7) is 13.5. The zero-order valence-electron chi connectivity index (χ0n) is 40.3. The Hall–Kier alpha value is -6.25. The fourth-order valence-corrected chi connectivity index (χ4v) is 7.61. The lowest BCUT2D eigenvalue weighted by atomic mass is 9.78. The van der Waals surface area contributed by atoms with E-state index in [0.29, 0.717) is 32.7 Å². The number of amides is 8. The molecule has 0 saturated carbocycles. The van der Waals surface area contributed by atoms with E-state index in [4.69, 9.17) is 40.4 Å². The summed E-state index contributed by atoms with van der Waals surface area (Å²) in [4.78, 5) is 126. The van der Waals surface area contributed by atoms with E-state index in [2.05, 4.69) is 0 Å². The zero-order valence-corrected chi connectivity index (χ0v) is 41.0. The standard InChI is InChI=1S/C24H30N2O8.C21H26N2O7.C3H5ClO/c1-16(27)14-32-11-12-33-18-7-5-17(6-8-18)25-15-24(13-20(25)29)10-9-19(28)26(21(24)30)22(31)34-23(2,3)4;1-20(2,3)30-19(28)23-16(25)8-9-21(18(23)27)12-17(26)22(13-21)14-4-6-15(7-5-14)29-11-10-24;1-3(5)2-4/h5-8H,9-15H2,1-4H3;4-7,24H,8-13H2,1-3H3;2H2,1H3. The average Bonchev–Trinajstić information content (AvgIpc) is 3.79. The van der Waals surface area contributed by atoms with Gasteiger partial charge in [0.15, 0.2) is 5.78 Å². The van der Waals surface area contributed by atoms with Crippen LogP contribution >= 0.6 is 11.6 Å². The van der Waals surface area contributed by atoms with Crippen molar-refractivity contribution in [2.45, 2.75) is 105 Å². The molecule has 4 aliphatic rings. The highest BCUT2D eigenvalue weighted by molar-refractivity contribution is 6.27. The fraction of sp³-hybridized carbons (Fsp3) is 0.542. The summed E-state index contributed by atoms with van der Waals surface area (Å²) in [5.74, 6) is -1.94. The Kier molecular flexibility index (Phi) is 18.7. The van der Waals surface area contributed by atoms with E-state index in [9.17, 15) is 47.9 Å². The number of ether oxygens (including phenoxy) is 5. The van der Waals surface area contributed by atoms with E-state index >= 15 is 0 Å². The van der Waals surface area contributed by atoms with E-state index in [-0.39, 0.29) is 114 Å². The van der Waals surface area contributed by atoms with Crippen molar-refractivity contribution >= 4 is 82.2 Å². The lowest BCUT2D eigenvalue weighted by Gasteiger charge is -2.36. The second-order valence-electron chi connectivity index (χ2n) is 18.9. The highest BCUT2D eigenvalue weighted by Gasteiger charge is 2.58. The maximum Gasteiger partial charge on any atom is 0.424 e. The van der Waals surface area contributed by atoms with Crippen LogP contribution in [0.5, 0.6) is 11.5 Å². The molecule has 4 heterocycles. The third-order valence-electron chi connectivity index (χ3n) is 10.7. The molecule has 69 heavy (non-hydrogen) atoms. The second kappa shape index (κ2) is 23.4. The molecule has 8 amide bonds. The molecule has 20 nitrogen and oxygen atoms in total. The van der Waals surface area contributed by atoms with Gasteiger partial charge in [-0.2, -0.15) is 9.80 Å². The Balaban J connectivity index is 0.000000275. The molecule has 4 saturated heterocycles. The number of halogens is 1. The quantitative estimate of drug-likeness (QED) is 0.164. The van der Waals surface area contributed by atoms with Gasteiger partial charge in [0.25, 0.3) is 0 Å².